The molecule has 0 bridgehead atoms. The van der Waals surface area contributed by atoms with Crippen LogP contribution in [0.5, 0.6) is 0 Å². The van der Waals surface area contributed by atoms with Crippen molar-refractivity contribution in [1.82, 2.24) is 4.90 Å². The van der Waals surface area contributed by atoms with Crippen molar-refractivity contribution < 1.29 is 29.0 Å². The summed E-state index contributed by atoms with van der Waals surface area (Å²) in [5.74, 6) is -2.52. The highest BCUT2D eigenvalue weighted by atomic mass is 16.6. The zero-order chi connectivity index (χ0) is 28.3. The van der Waals surface area contributed by atoms with Crippen LogP contribution in [-0.4, -0.2) is 84.9 Å². The van der Waals surface area contributed by atoms with E-state index in [9.17, 15) is 14.4 Å². The number of nitrogens with zero attached hydrogens (tertiary/aromatic N) is 3. The smallest absolute Gasteiger partial charge is 0.312 e. The minimum Gasteiger partial charge on any atom is -0.465 e. The minimum absolute atomic E-state index is 0.133. The molecule has 4 aliphatic rings. The molecule has 1 unspecified atom stereocenters. The first-order valence-electron chi connectivity index (χ1n) is 14.7. The van der Waals surface area contributed by atoms with Gasteiger partial charge in [0.05, 0.1) is 18.6 Å². The number of likely N-dealkylation sites (tertiary alicyclic amines) is 1. The van der Waals surface area contributed by atoms with Crippen LogP contribution in [0.1, 0.15) is 46.0 Å². The second kappa shape index (κ2) is 12.1. The van der Waals surface area contributed by atoms with Gasteiger partial charge in [-0.2, -0.15) is 0 Å². The molecule has 1 aromatic carbocycles. The molecule has 0 saturated carbocycles. The standard InChI is InChI=1S/C31H41N3O6/c1-3-32(4-2)22-13-15-23(16-14-22)33-19-11-17-31-26(25-24(40-31)12-7-10-21-39-30(25)38)28(36)34(27(31)29(33)37)18-8-5-6-9-20-35/h7,11-17,24-27,35H,3-6,8-10,18-21H2,1-2H3/t24-,25+,26-,27?,31-/m0/s1. The molecule has 1 N–H and O–H groups in total. The van der Waals surface area contributed by atoms with Gasteiger partial charge in [0.1, 0.15) is 17.6 Å². The van der Waals surface area contributed by atoms with Gasteiger partial charge >= 0.3 is 5.97 Å². The van der Waals surface area contributed by atoms with E-state index in [1.807, 2.05) is 48.6 Å². The number of aliphatic hydroxyl groups excluding tert-OH is 1. The van der Waals surface area contributed by atoms with Crippen LogP contribution >= 0.6 is 0 Å². The number of esters is 1. The number of anilines is 2. The maximum atomic E-state index is 14.4. The van der Waals surface area contributed by atoms with Crippen LogP contribution in [0.4, 0.5) is 11.4 Å². The molecule has 9 heteroatoms. The van der Waals surface area contributed by atoms with E-state index in [2.05, 4.69) is 18.7 Å². The van der Waals surface area contributed by atoms with Crippen molar-refractivity contribution in [2.24, 2.45) is 11.8 Å². The van der Waals surface area contributed by atoms with Gasteiger partial charge in [-0.05, 0) is 57.4 Å². The summed E-state index contributed by atoms with van der Waals surface area (Å²) in [5, 5.41) is 9.15. The van der Waals surface area contributed by atoms with E-state index >= 15 is 0 Å². The van der Waals surface area contributed by atoms with Crippen LogP contribution in [-0.2, 0) is 23.9 Å². The fraction of sp³-hybridized carbons (Fsp3) is 0.581. The molecule has 0 aliphatic carbocycles. The van der Waals surface area contributed by atoms with Crippen molar-refractivity contribution in [1.29, 1.82) is 0 Å². The van der Waals surface area contributed by atoms with Crippen molar-refractivity contribution in [3.63, 3.8) is 0 Å². The summed E-state index contributed by atoms with van der Waals surface area (Å²) in [5.41, 5.74) is 0.590. The van der Waals surface area contributed by atoms with E-state index in [0.29, 0.717) is 32.4 Å². The van der Waals surface area contributed by atoms with Crippen LogP contribution in [0.2, 0.25) is 0 Å². The molecule has 4 heterocycles. The van der Waals surface area contributed by atoms with Gasteiger partial charge in [-0.15, -0.1) is 0 Å². The topological polar surface area (TPSA) is 99.6 Å². The number of unbranched alkanes of at least 4 members (excludes halogenated alkanes) is 3. The molecule has 5 atom stereocenters. The normalized spacial score (nSPS) is 29.4. The monoisotopic (exact) mass is 551 g/mol. The van der Waals surface area contributed by atoms with Crippen LogP contribution in [0, 0.1) is 11.8 Å². The number of fused-ring (bicyclic) bond motifs is 2. The highest BCUT2D eigenvalue weighted by Gasteiger charge is 2.71. The molecule has 1 spiro atoms. The molecule has 0 radical (unpaired) electrons. The van der Waals surface area contributed by atoms with Gasteiger partial charge in [-0.25, -0.2) is 0 Å². The average molecular weight is 552 g/mol. The number of hydrogen-bond donors (Lipinski definition) is 1. The molecule has 40 heavy (non-hydrogen) atoms. The number of amides is 2. The van der Waals surface area contributed by atoms with Crippen LogP contribution in [0.15, 0.2) is 48.6 Å². The number of carbonyl (C=O) groups excluding carboxylic acids is 3. The Morgan fingerprint density at radius 3 is 2.48 bits per heavy atom. The molecule has 2 amide bonds. The summed E-state index contributed by atoms with van der Waals surface area (Å²) in [4.78, 5) is 47.3. The van der Waals surface area contributed by atoms with E-state index in [0.717, 1.165) is 37.3 Å². The summed E-state index contributed by atoms with van der Waals surface area (Å²) in [6, 6.07) is 7.06. The van der Waals surface area contributed by atoms with E-state index in [4.69, 9.17) is 14.6 Å². The number of carbonyl (C=O) groups is 3. The van der Waals surface area contributed by atoms with Crippen LogP contribution in [0.3, 0.4) is 0 Å². The van der Waals surface area contributed by atoms with Gasteiger partial charge in [-0.1, -0.05) is 37.1 Å². The first kappa shape index (κ1) is 28.4. The number of rotatable bonds is 10. The van der Waals surface area contributed by atoms with Crippen molar-refractivity contribution in [3.8, 4) is 0 Å². The lowest BCUT2D eigenvalue weighted by Gasteiger charge is -2.35. The van der Waals surface area contributed by atoms with E-state index < -0.39 is 35.6 Å². The third-order valence-electron chi connectivity index (χ3n) is 8.72. The van der Waals surface area contributed by atoms with Gasteiger partial charge in [0.15, 0.2) is 0 Å². The fourth-order valence-corrected chi connectivity index (χ4v) is 6.76. The maximum absolute atomic E-state index is 14.4. The van der Waals surface area contributed by atoms with Crippen molar-refractivity contribution in [2.45, 2.75) is 63.7 Å². The molecule has 9 nitrogen and oxygen atoms in total. The Morgan fingerprint density at radius 2 is 1.75 bits per heavy atom. The number of ether oxygens (including phenoxy) is 2. The maximum Gasteiger partial charge on any atom is 0.312 e. The van der Waals surface area contributed by atoms with Gasteiger partial charge in [0, 0.05) is 44.2 Å². The molecule has 2 saturated heterocycles. The Labute approximate surface area is 236 Å². The second-order valence-electron chi connectivity index (χ2n) is 10.9. The average Bonchev–Trinajstić information content (AvgIpc) is 3.32. The molecule has 4 aliphatic heterocycles. The van der Waals surface area contributed by atoms with E-state index in [1.165, 1.54) is 0 Å². The minimum atomic E-state index is -1.25. The summed E-state index contributed by atoms with van der Waals surface area (Å²) >= 11 is 0. The second-order valence-corrected chi connectivity index (χ2v) is 10.9. The predicted molar refractivity (Wildman–Crippen MR) is 152 cm³/mol. The molecular formula is C31H41N3O6. The third-order valence-corrected chi connectivity index (χ3v) is 8.72. The van der Waals surface area contributed by atoms with Gasteiger partial charge in [0.25, 0.3) is 5.91 Å². The first-order valence-corrected chi connectivity index (χ1v) is 14.7. The lowest BCUT2D eigenvalue weighted by molar-refractivity contribution is -0.154. The SMILES string of the molecule is CCN(CC)c1ccc(N2CC=C[C@]34O[C@H]5C=CCCOC(=O)[C@H]5[C@H]3C(=O)N(CCCCCCO)C4C2=O)cc1. The number of cyclic esters (lactones) is 1. The highest BCUT2D eigenvalue weighted by Crippen LogP contribution is 2.53. The molecule has 0 aromatic heterocycles. The van der Waals surface area contributed by atoms with Crippen LogP contribution in [0.25, 0.3) is 0 Å². The largest absolute Gasteiger partial charge is 0.465 e. The number of benzene rings is 1. The zero-order valence-electron chi connectivity index (χ0n) is 23.5. The highest BCUT2D eigenvalue weighted by molar-refractivity contribution is 6.05. The Hall–Kier alpha value is -3.17. The van der Waals surface area contributed by atoms with Crippen molar-refractivity contribution in [2.75, 3.05) is 49.2 Å². The van der Waals surface area contributed by atoms with Gasteiger partial charge < -0.3 is 29.3 Å². The molecule has 216 valence electrons. The molecule has 1 aromatic rings. The Bertz CT molecular complexity index is 1150. The third kappa shape index (κ3) is 4.94. The summed E-state index contributed by atoms with van der Waals surface area (Å²) in [6.07, 6.45) is 10.6. The fourth-order valence-electron chi connectivity index (χ4n) is 6.76. The lowest BCUT2D eigenvalue weighted by Crippen LogP contribution is -2.55. The number of aliphatic hydroxyl groups is 1. The lowest BCUT2D eigenvalue weighted by atomic mass is 9.77. The molecule has 5 rings (SSSR count). The van der Waals surface area contributed by atoms with Crippen molar-refractivity contribution in [3.05, 3.63) is 48.6 Å². The molecule has 2 fully saturated rings. The van der Waals surface area contributed by atoms with Gasteiger partial charge in [0.2, 0.25) is 5.91 Å². The van der Waals surface area contributed by atoms with E-state index in [1.54, 1.807) is 9.80 Å². The van der Waals surface area contributed by atoms with E-state index in [-0.39, 0.29) is 25.0 Å². The van der Waals surface area contributed by atoms with Gasteiger partial charge in [-0.3, -0.25) is 14.4 Å². The quantitative estimate of drug-likeness (QED) is 0.271. The molecular weight excluding hydrogens is 510 g/mol. The zero-order valence-corrected chi connectivity index (χ0v) is 23.5. The number of hydrogen-bond acceptors (Lipinski definition) is 7. The summed E-state index contributed by atoms with van der Waals surface area (Å²) < 4.78 is 12.1. The Morgan fingerprint density at radius 1 is 1.00 bits per heavy atom. The Balaban J connectivity index is 1.50. The summed E-state index contributed by atoms with van der Waals surface area (Å²) in [7, 11) is 0. The first-order chi connectivity index (χ1) is 19.5. The van der Waals surface area contributed by atoms with Crippen molar-refractivity contribution >= 4 is 29.2 Å². The van der Waals surface area contributed by atoms with Crippen LogP contribution < -0.4 is 9.80 Å². The Kier molecular flexibility index (Phi) is 8.61. The predicted octanol–water partition coefficient (Wildman–Crippen LogP) is 3.07. The summed E-state index contributed by atoms with van der Waals surface area (Å²) in [6.45, 7) is 7.11.